The van der Waals surface area contributed by atoms with Crippen LogP contribution in [0.4, 0.5) is 0 Å². The van der Waals surface area contributed by atoms with Crippen molar-refractivity contribution in [3.05, 3.63) is 64.6 Å². The van der Waals surface area contributed by atoms with E-state index in [2.05, 4.69) is 4.90 Å². The second-order valence-corrected chi connectivity index (χ2v) is 12.2. The maximum Gasteiger partial charge on any atom is 0.262 e. The van der Waals surface area contributed by atoms with Crippen molar-refractivity contribution in [2.45, 2.75) is 89.2 Å². The van der Waals surface area contributed by atoms with Crippen LogP contribution >= 0.6 is 0 Å². The highest BCUT2D eigenvalue weighted by atomic mass is 16.5. The number of aromatic nitrogens is 1. The Hall–Kier alpha value is -2.87. The molecule has 1 aromatic heterocycles. The van der Waals surface area contributed by atoms with E-state index in [1.807, 2.05) is 69.4 Å². The number of piperidine rings is 1. The SMILES string of the molecule is Cc1cc(-n2ccc3cc(OC[C@H]4CCCO4)ccc3c2=O)ccc1OC1C[C@H]2CC[C@@H](C1)N2CC(C)(C)O. The highest BCUT2D eigenvalue weighted by Gasteiger charge is 2.43. The highest BCUT2D eigenvalue weighted by molar-refractivity contribution is 5.83. The lowest BCUT2D eigenvalue weighted by molar-refractivity contribution is -0.0169. The molecule has 0 aliphatic carbocycles. The minimum absolute atomic E-state index is 0.0537. The van der Waals surface area contributed by atoms with Crippen molar-refractivity contribution in [1.82, 2.24) is 9.47 Å². The molecule has 4 atom stereocenters. The molecule has 7 nitrogen and oxygen atoms in total. The van der Waals surface area contributed by atoms with Gasteiger partial charge in [-0.15, -0.1) is 0 Å². The van der Waals surface area contributed by atoms with Crippen LogP contribution in [0.2, 0.25) is 0 Å². The molecule has 3 saturated heterocycles. The van der Waals surface area contributed by atoms with Crippen LogP contribution in [-0.2, 0) is 4.74 Å². The number of rotatable bonds is 8. The molecule has 6 rings (SSSR count). The van der Waals surface area contributed by atoms with Gasteiger partial charge in [-0.1, -0.05) is 0 Å². The lowest BCUT2D eigenvalue weighted by Gasteiger charge is -2.41. The zero-order valence-corrected chi connectivity index (χ0v) is 23.3. The predicted molar refractivity (Wildman–Crippen MR) is 152 cm³/mol. The molecule has 39 heavy (non-hydrogen) atoms. The Labute approximate surface area is 230 Å². The normalized spacial score (nSPS) is 25.3. The molecule has 3 aliphatic rings. The summed E-state index contributed by atoms with van der Waals surface area (Å²) in [5.41, 5.74) is 1.11. The summed E-state index contributed by atoms with van der Waals surface area (Å²) < 4.78 is 19.8. The molecule has 0 radical (unpaired) electrons. The van der Waals surface area contributed by atoms with E-state index in [0.29, 0.717) is 30.6 Å². The standard InChI is InChI=1S/C32H40N2O5/c1-21-15-23(8-11-30(21)39-28-17-24-6-7-25(18-28)34(24)20-32(2,3)36)33-13-12-22-16-26(9-10-29(22)31(33)35)38-19-27-5-4-14-37-27/h8-13,15-16,24-25,27-28,36H,4-7,14,17-20H2,1-3H3/t24-,25+,27-,28?/m1/s1. The number of fused-ring (bicyclic) bond motifs is 3. The zero-order chi connectivity index (χ0) is 27.1. The van der Waals surface area contributed by atoms with Crippen molar-refractivity contribution < 1.29 is 19.3 Å². The van der Waals surface area contributed by atoms with E-state index in [1.165, 1.54) is 12.8 Å². The summed E-state index contributed by atoms with van der Waals surface area (Å²) in [5.74, 6) is 1.63. The monoisotopic (exact) mass is 532 g/mol. The molecule has 0 spiro atoms. The number of aliphatic hydroxyl groups is 1. The van der Waals surface area contributed by atoms with Crippen molar-refractivity contribution >= 4 is 10.8 Å². The summed E-state index contributed by atoms with van der Waals surface area (Å²) in [7, 11) is 0. The molecule has 0 saturated carbocycles. The van der Waals surface area contributed by atoms with E-state index >= 15 is 0 Å². The van der Waals surface area contributed by atoms with Crippen LogP contribution in [0.5, 0.6) is 11.5 Å². The van der Waals surface area contributed by atoms with Gasteiger partial charge in [0.1, 0.15) is 24.2 Å². The molecule has 1 unspecified atom stereocenters. The Balaban J connectivity index is 1.14. The topological polar surface area (TPSA) is 73.2 Å². The van der Waals surface area contributed by atoms with E-state index in [-0.39, 0.29) is 17.8 Å². The fourth-order valence-electron chi connectivity index (χ4n) is 6.60. The Morgan fingerprint density at radius 3 is 2.54 bits per heavy atom. The molecule has 0 amide bonds. The minimum Gasteiger partial charge on any atom is -0.491 e. The second-order valence-electron chi connectivity index (χ2n) is 12.2. The van der Waals surface area contributed by atoms with Crippen molar-refractivity contribution in [2.24, 2.45) is 0 Å². The van der Waals surface area contributed by atoms with Crippen LogP contribution in [0.25, 0.3) is 16.5 Å². The number of nitrogens with zero attached hydrogens (tertiary/aromatic N) is 2. The first-order valence-corrected chi connectivity index (χ1v) is 14.4. The van der Waals surface area contributed by atoms with Gasteiger partial charge in [0, 0.05) is 42.5 Å². The molecule has 1 N–H and O–H groups in total. The van der Waals surface area contributed by atoms with Crippen molar-refractivity contribution in [1.29, 1.82) is 0 Å². The lowest BCUT2D eigenvalue weighted by atomic mass is 9.97. The summed E-state index contributed by atoms with van der Waals surface area (Å²) in [4.78, 5) is 15.9. The van der Waals surface area contributed by atoms with Crippen LogP contribution in [-0.4, -0.2) is 64.2 Å². The molecular formula is C32H40N2O5. The first-order valence-electron chi connectivity index (χ1n) is 14.4. The fraction of sp³-hybridized carbons (Fsp3) is 0.531. The van der Waals surface area contributed by atoms with Crippen LogP contribution in [0, 0.1) is 6.92 Å². The van der Waals surface area contributed by atoms with E-state index in [0.717, 1.165) is 60.4 Å². The molecule has 7 heteroatoms. The van der Waals surface area contributed by atoms with Gasteiger partial charge in [-0.3, -0.25) is 14.3 Å². The van der Waals surface area contributed by atoms with Gasteiger partial charge in [0.15, 0.2) is 0 Å². The molecule has 208 valence electrons. The maximum atomic E-state index is 13.4. The van der Waals surface area contributed by atoms with Crippen LogP contribution in [0.1, 0.15) is 57.9 Å². The number of aryl methyl sites for hydroxylation is 1. The summed E-state index contributed by atoms with van der Waals surface area (Å²) in [5, 5.41) is 11.9. The number of pyridine rings is 1. The van der Waals surface area contributed by atoms with Crippen molar-refractivity contribution in [3.8, 4) is 17.2 Å². The quantitative estimate of drug-likeness (QED) is 0.440. The first kappa shape index (κ1) is 26.4. The van der Waals surface area contributed by atoms with Gasteiger partial charge < -0.3 is 19.3 Å². The highest BCUT2D eigenvalue weighted by Crippen LogP contribution is 2.38. The molecule has 2 aromatic carbocycles. The lowest BCUT2D eigenvalue weighted by Crippen LogP contribution is -2.51. The van der Waals surface area contributed by atoms with Crippen LogP contribution in [0.3, 0.4) is 0 Å². The van der Waals surface area contributed by atoms with Gasteiger partial charge in [-0.25, -0.2) is 0 Å². The molecular weight excluding hydrogens is 492 g/mol. The second kappa shape index (κ2) is 10.6. The Morgan fingerprint density at radius 2 is 1.85 bits per heavy atom. The van der Waals surface area contributed by atoms with Gasteiger partial charge in [0.25, 0.3) is 5.56 Å². The third-order valence-corrected chi connectivity index (χ3v) is 8.48. The Bertz CT molecular complexity index is 1370. The third kappa shape index (κ3) is 5.72. The van der Waals surface area contributed by atoms with Gasteiger partial charge in [-0.05, 0) is 113 Å². The zero-order valence-electron chi connectivity index (χ0n) is 23.3. The van der Waals surface area contributed by atoms with Crippen molar-refractivity contribution in [3.63, 3.8) is 0 Å². The van der Waals surface area contributed by atoms with E-state index in [1.54, 1.807) is 4.57 Å². The number of ether oxygens (including phenoxy) is 3. The average molecular weight is 533 g/mol. The van der Waals surface area contributed by atoms with Crippen LogP contribution < -0.4 is 15.0 Å². The largest absolute Gasteiger partial charge is 0.491 e. The van der Waals surface area contributed by atoms with Crippen LogP contribution in [0.15, 0.2) is 53.5 Å². The van der Waals surface area contributed by atoms with E-state index < -0.39 is 5.60 Å². The number of benzene rings is 2. The molecule has 3 aliphatic heterocycles. The first-order chi connectivity index (χ1) is 18.7. The molecule has 3 aromatic rings. The summed E-state index contributed by atoms with van der Waals surface area (Å²) in [6.45, 7) is 7.88. The fourth-order valence-corrected chi connectivity index (χ4v) is 6.60. The average Bonchev–Trinajstić information content (AvgIpc) is 3.48. The van der Waals surface area contributed by atoms with Gasteiger partial charge in [0.05, 0.1) is 11.7 Å². The smallest absolute Gasteiger partial charge is 0.262 e. The Kier molecular flexibility index (Phi) is 7.16. The number of hydrogen-bond donors (Lipinski definition) is 1. The van der Waals surface area contributed by atoms with Gasteiger partial charge in [-0.2, -0.15) is 0 Å². The molecule has 4 heterocycles. The van der Waals surface area contributed by atoms with Crippen molar-refractivity contribution in [2.75, 3.05) is 19.8 Å². The van der Waals surface area contributed by atoms with Gasteiger partial charge >= 0.3 is 0 Å². The minimum atomic E-state index is -0.678. The van der Waals surface area contributed by atoms with E-state index in [4.69, 9.17) is 14.2 Å². The number of hydrogen-bond acceptors (Lipinski definition) is 6. The summed E-state index contributed by atoms with van der Waals surface area (Å²) in [6, 6.07) is 14.5. The van der Waals surface area contributed by atoms with Gasteiger partial charge in [0.2, 0.25) is 0 Å². The Morgan fingerprint density at radius 1 is 1.05 bits per heavy atom. The van der Waals surface area contributed by atoms with E-state index in [9.17, 15) is 9.90 Å². The maximum absolute atomic E-state index is 13.4. The summed E-state index contributed by atoms with van der Waals surface area (Å²) in [6.07, 6.45) is 8.59. The predicted octanol–water partition coefficient (Wildman–Crippen LogP) is 5.00. The molecule has 2 bridgehead atoms. The summed E-state index contributed by atoms with van der Waals surface area (Å²) >= 11 is 0. The third-order valence-electron chi connectivity index (χ3n) is 8.48. The molecule has 3 fully saturated rings.